The molecule has 4 aliphatic rings. The summed E-state index contributed by atoms with van der Waals surface area (Å²) in [6.45, 7) is 0. The summed E-state index contributed by atoms with van der Waals surface area (Å²) in [7, 11) is 0. The lowest BCUT2D eigenvalue weighted by atomic mass is 9.68. The zero-order valence-electron chi connectivity index (χ0n) is 61.6. The van der Waals surface area contributed by atoms with E-state index in [-0.39, 0.29) is 0 Å². The van der Waals surface area contributed by atoms with Gasteiger partial charge < -0.3 is 0 Å². The smallest absolute Gasteiger partial charge is 0.0978 e. The maximum Gasteiger partial charge on any atom is 0.0978 e. The molecule has 0 atom stereocenters. The number of aromatic nitrogens is 4. The van der Waals surface area contributed by atoms with Crippen molar-refractivity contribution >= 4 is 108 Å². The summed E-state index contributed by atoms with van der Waals surface area (Å²) >= 11 is 0. The molecule has 0 bridgehead atoms. The number of fused-ring (bicyclic) bond motifs is 40. The van der Waals surface area contributed by atoms with Gasteiger partial charge in [-0.1, -0.05) is 315 Å². The molecule has 0 amide bonds. The van der Waals surface area contributed by atoms with Crippen LogP contribution >= 0.6 is 0 Å². The molecule has 0 fully saturated rings. The number of hydrogen-bond acceptors (Lipinski definition) is 4. The average molecular weight is 1440 g/mol. The number of pyridine rings is 4. The third-order valence-corrected chi connectivity index (χ3v) is 26.2. The minimum atomic E-state index is -0.656. The van der Waals surface area contributed by atoms with E-state index >= 15 is 0 Å². The maximum absolute atomic E-state index is 5.70. The van der Waals surface area contributed by atoms with Gasteiger partial charge in [-0.3, -0.25) is 9.97 Å². The second-order valence-electron chi connectivity index (χ2n) is 31.6. The first-order valence-electron chi connectivity index (χ1n) is 39.6. The van der Waals surface area contributed by atoms with Gasteiger partial charge in [-0.15, -0.1) is 0 Å². The second kappa shape index (κ2) is 22.9. The Hall–Kier alpha value is -14.8. The van der Waals surface area contributed by atoms with Gasteiger partial charge in [-0.2, -0.15) is 0 Å². The third-order valence-electron chi connectivity index (χ3n) is 26.2. The summed E-state index contributed by atoms with van der Waals surface area (Å²) < 4.78 is 0. The number of nitrogens with zero attached hydrogens (tertiary/aromatic N) is 4. The highest BCUT2D eigenvalue weighted by molar-refractivity contribution is 6.25. The highest BCUT2D eigenvalue weighted by Gasteiger charge is 2.56. The van der Waals surface area contributed by atoms with Gasteiger partial charge in [-0.05, 0) is 236 Å². The Kier molecular flexibility index (Phi) is 12.4. The van der Waals surface area contributed by atoms with Crippen LogP contribution in [-0.4, -0.2) is 19.9 Å². The van der Waals surface area contributed by atoms with Gasteiger partial charge in [0.15, 0.2) is 0 Å². The van der Waals surface area contributed by atoms with Crippen LogP contribution in [0.2, 0.25) is 0 Å². The monoisotopic (exact) mass is 1440 g/mol. The molecule has 4 aromatic heterocycles. The largest absolute Gasteiger partial charge is 0.254 e. The Bertz CT molecular complexity index is 8050. The molecule has 4 aliphatic carbocycles. The molecule has 0 saturated heterocycles. The van der Waals surface area contributed by atoms with Gasteiger partial charge in [-0.25, -0.2) is 9.97 Å². The lowest BCUT2D eigenvalue weighted by Gasteiger charge is -2.32. The standard InChI is InChI=1S/C110H62N4/c1-5-32-83(97-55-48-65-41-40-63-22-18-56-111-105(63)107(65)113-97)73(24-1)68-44-50-75-70(60-68)47-54-90-100-85-51-45-71(61-92(85)78-27-4-8-35-87(78)104(100)110(102(75)90)95-38-15-11-30-81(95)82-31-12-16-39-96(82)110)91-62-98(114-108-88(91)52-42-64-23-19-57-112-106(64)108)72-21-17-20-66(59-72)67-43-49-74-69(58-67)46-53-89-99-84-33-6-2-25-76(84)77-26-3-7-34-86(77)103(99)109(101(74)89)93-36-13-9-28-79(93)80-29-10-14-37-94(80)109/h1-62H. The summed E-state index contributed by atoms with van der Waals surface area (Å²) in [5.41, 5.74) is 34.1. The molecule has 0 unspecified atom stereocenters. The van der Waals surface area contributed by atoms with Crippen molar-refractivity contribution in [1.29, 1.82) is 0 Å². The molecule has 4 heterocycles. The third kappa shape index (κ3) is 8.09. The van der Waals surface area contributed by atoms with Crippen molar-refractivity contribution < 1.29 is 0 Å². The summed E-state index contributed by atoms with van der Waals surface area (Å²) in [6.07, 6.45) is 3.77. The summed E-state index contributed by atoms with van der Waals surface area (Å²) in [4.78, 5) is 21.0. The Morgan fingerprint density at radius 1 is 0.175 bits per heavy atom. The fraction of sp³-hybridized carbons (Fsp3) is 0.0182. The van der Waals surface area contributed by atoms with E-state index < -0.39 is 10.8 Å². The molecule has 2 spiro atoms. The molecule has 18 aromatic carbocycles. The molecule has 4 heteroatoms. The van der Waals surface area contributed by atoms with Crippen LogP contribution in [0.15, 0.2) is 376 Å². The Morgan fingerprint density at radius 3 is 1.18 bits per heavy atom. The number of hydrogen-bond donors (Lipinski definition) is 0. The van der Waals surface area contributed by atoms with Crippen molar-refractivity contribution in [2.24, 2.45) is 0 Å². The Balaban J connectivity index is 0.645. The predicted octanol–water partition coefficient (Wildman–Crippen LogP) is 27.8. The van der Waals surface area contributed by atoms with E-state index in [2.05, 4.69) is 352 Å². The SMILES string of the molecule is c1cc(-c2ccc3c4c(ccc3c2)-c2c(c3ccccc3c3ccccc23)C42c3ccccc3-c3ccccc32)cc(-c2cc(-c3ccc4c5c(c6ccccc6c4c3)C3(c4ccccc4-c4ccccc43)c3c-5ccc4cc(-c5ccccc5-c5ccc6ccc7cccnc7c6n5)ccc34)c3ccc4cccnc4c3n2)c1. The van der Waals surface area contributed by atoms with Crippen LogP contribution in [-0.2, 0) is 10.8 Å². The van der Waals surface area contributed by atoms with E-state index in [0.717, 1.165) is 99.5 Å². The lowest BCUT2D eigenvalue weighted by molar-refractivity contribution is 0.809. The van der Waals surface area contributed by atoms with Crippen molar-refractivity contribution in [3.8, 4) is 100 Å². The molecule has 0 saturated carbocycles. The molecule has 522 valence electrons. The van der Waals surface area contributed by atoms with Crippen molar-refractivity contribution in [3.05, 3.63) is 421 Å². The van der Waals surface area contributed by atoms with Crippen molar-refractivity contribution in [2.75, 3.05) is 0 Å². The average Bonchev–Trinajstić information content (AvgIpc) is 1.49. The number of benzene rings is 18. The van der Waals surface area contributed by atoms with Gasteiger partial charge in [0.05, 0.1) is 44.3 Å². The molecule has 26 rings (SSSR count). The van der Waals surface area contributed by atoms with E-state index in [4.69, 9.17) is 19.9 Å². The van der Waals surface area contributed by atoms with Crippen molar-refractivity contribution in [3.63, 3.8) is 0 Å². The van der Waals surface area contributed by atoms with Gasteiger partial charge in [0.2, 0.25) is 0 Å². The molecule has 0 radical (unpaired) electrons. The summed E-state index contributed by atoms with van der Waals surface area (Å²) in [5, 5.41) is 19.2. The van der Waals surface area contributed by atoms with Crippen LogP contribution in [0.5, 0.6) is 0 Å². The summed E-state index contributed by atoms with van der Waals surface area (Å²) in [5.74, 6) is 0. The minimum Gasteiger partial charge on any atom is -0.254 e. The minimum absolute atomic E-state index is 0.562. The maximum atomic E-state index is 5.70. The molecule has 22 aromatic rings. The van der Waals surface area contributed by atoms with Crippen LogP contribution in [0.1, 0.15) is 44.5 Å². The van der Waals surface area contributed by atoms with Crippen LogP contribution in [0.3, 0.4) is 0 Å². The number of rotatable bonds is 5. The fourth-order valence-corrected chi connectivity index (χ4v) is 21.8. The van der Waals surface area contributed by atoms with E-state index in [1.54, 1.807) is 0 Å². The predicted molar refractivity (Wildman–Crippen MR) is 472 cm³/mol. The van der Waals surface area contributed by atoms with Crippen LogP contribution < -0.4 is 0 Å². The van der Waals surface area contributed by atoms with E-state index in [1.807, 2.05) is 24.5 Å². The first kappa shape index (κ1) is 62.0. The highest BCUT2D eigenvalue weighted by Crippen LogP contribution is 2.69. The lowest BCUT2D eigenvalue weighted by Crippen LogP contribution is -2.26. The zero-order valence-corrected chi connectivity index (χ0v) is 61.6. The van der Waals surface area contributed by atoms with E-state index in [0.29, 0.717) is 0 Å². The molecule has 114 heavy (non-hydrogen) atoms. The van der Waals surface area contributed by atoms with E-state index in [9.17, 15) is 0 Å². The quantitative estimate of drug-likeness (QED) is 0.161. The molecular formula is C110H62N4. The first-order chi connectivity index (χ1) is 56.5. The zero-order chi connectivity index (χ0) is 74.2. The van der Waals surface area contributed by atoms with Crippen LogP contribution in [0.4, 0.5) is 0 Å². The highest BCUT2D eigenvalue weighted by atomic mass is 14.8. The summed E-state index contributed by atoms with van der Waals surface area (Å²) in [6, 6.07) is 137. The second-order valence-corrected chi connectivity index (χ2v) is 31.6. The fourth-order valence-electron chi connectivity index (χ4n) is 21.8. The molecule has 0 aliphatic heterocycles. The normalized spacial score (nSPS) is 13.6. The molecular weight excluding hydrogens is 1380 g/mol. The topological polar surface area (TPSA) is 51.6 Å². The molecule has 4 nitrogen and oxygen atoms in total. The van der Waals surface area contributed by atoms with Crippen molar-refractivity contribution in [2.45, 2.75) is 10.8 Å². The van der Waals surface area contributed by atoms with Gasteiger partial charge in [0.1, 0.15) is 0 Å². The first-order valence-corrected chi connectivity index (χ1v) is 39.6. The van der Waals surface area contributed by atoms with Crippen LogP contribution in [0, 0.1) is 0 Å². The van der Waals surface area contributed by atoms with Crippen LogP contribution in [0.25, 0.3) is 209 Å². The molecule has 0 N–H and O–H groups in total. The van der Waals surface area contributed by atoms with Crippen molar-refractivity contribution in [1.82, 2.24) is 19.9 Å². The van der Waals surface area contributed by atoms with Gasteiger partial charge >= 0.3 is 0 Å². The van der Waals surface area contributed by atoms with Gasteiger partial charge in [0.25, 0.3) is 0 Å². The Morgan fingerprint density at radius 2 is 0.579 bits per heavy atom. The van der Waals surface area contributed by atoms with E-state index in [1.165, 1.54) is 154 Å². The van der Waals surface area contributed by atoms with Gasteiger partial charge in [0, 0.05) is 45.1 Å². The Labute approximate surface area is 655 Å².